The molecule has 0 aromatic carbocycles. The Bertz CT molecular complexity index is 604. The van der Waals surface area contributed by atoms with E-state index in [0.29, 0.717) is 18.3 Å². The quantitative estimate of drug-likeness (QED) is 0.582. The molecule has 4 rings (SSSR count). The van der Waals surface area contributed by atoms with E-state index in [1.165, 1.54) is 25.7 Å². The molecule has 3 heteroatoms. The summed E-state index contributed by atoms with van der Waals surface area (Å²) in [7, 11) is 0. The topological polar surface area (TPSA) is 43.4 Å². The first-order valence-corrected chi connectivity index (χ1v) is 9.08. The van der Waals surface area contributed by atoms with Gasteiger partial charge in [-0.3, -0.25) is 9.59 Å². The molecule has 0 aromatic rings. The van der Waals surface area contributed by atoms with Crippen molar-refractivity contribution in [2.24, 2.45) is 23.2 Å². The highest BCUT2D eigenvalue weighted by atomic mass is 16.6. The van der Waals surface area contributed by atoms with Crippen molar-refractivity contribution in [2.45, 2.75) is 63.9 Å². The summed E-state index contributed by atoms with van der Waals surface area (Å²) in [5.41, 5.74) is -0.246. The predicted molar refractivity (Wildman–Crippen MR) is 87.6 cm³/mol. The average Bonchev–Trinajstić information content (AvgIpc) is 3.21. The van der Waals surface area contributed by atoms with Crippen LogP contribution >= 0.6 is 0 Å². The molecule has 0 amide bonds. The molecular formula is C20H26O3. The molecule has 3 saturated carbocycles. The lowest BCUT2D eigenvalue weighted by Crippen LogP contribution is -2.44. The second kappa shape index (κ2) is 5.06. The third-order valence-corrected chi connectivity index (χ3v) is 6.96. The van der Waals surface area contributed by atoms with Gasteiger partial charge in [-0.1, -0.05) is 12.5 Å². The third kappa shape index (κ3) is 2.08. The molecule has 5 atom stereocenters. The van der Waals surface area contributed by atoms with Crippen molar-refractivity contribution in [3.8, 4) is 0 Å². The molecule has 4 aliphatic rings. The lowest BCUT2D eigenvalue weighted by Gasteiger charge is -2.39. The van der Waals surface area contributed by atoms with Crippen LogP contribution in [0.5, 0.6) is 0 Å². The molecule has 3 nitrogen and oxygen atoms in total. The summed E-state index contributed by atoms with van der Waals surface area (Å²) in [4.78, 5) is 25.3. The smallest absolute Gasteiger partial charge is 0.313 e. The summed E-state index contributed by atoms with van der Waals surface area (Å²) in [6.07, 6.45) is 11.5. The Balaban J connectivity index is 1.57. The minimum atomic E-state index is -0.754. The number of ether oxygens (including phenoxy) is 1. The van der Waals surface area contributed by atoms with Crippen LogP contribution < -0.4 is 0 Å². The van der Waals surface area contributed by atoms with Crippen LogP contribution in [0.1, 0.15) is 58.3 Å². The van der Waals surface area contributed by atoms with Gasteiger partial charge in [0, 0.05) is 0 Å². The zero-order chi connectivity index (χ0) is 16.2. The highest BCUT2D eigenvalue weighted by Gasteiger charge is 2.65. The number of hydrogen-bond acceptors (Lipinski definition) is 3. The fourth-order valence-electron chi connectivity index (χ4n) is 6.12. The Morgan fingerprint density at radius 3 is 3.04 bits per heavy atom. The maximum atomic E-state index is 13.2. The van der Waals surface area contributed by atoms with Crippen molar-refractivity contribution < 1.29 is 14.3 Å². The second-order valence-corrected chi connectivity index (χ2v) is 8.27. The van der Waals surface area contributed by atoms with Crippen molar-refractivity contribution in [1.82, 2.24) is 0 Å². The average molecular weight is 314 g/mol. The molecule has 5 unspecified atom stereocenters. The van der Waals surface area contributed by atoms with Crippen molar-refractivity contribution in [3.63, 3.8) is 0 Å². The van der Waals surface area contributed by atoms with E-state index in [1.54, 1.807) is 6.08 Å². The number of hydrogen-bond donors (Lipinski definition) is 0. The van der Waals surface area contributed by atoms with E-state index in [1.807, 2.05) is 13.0 Å². The van der Waals surface area contributed by atoms with Crippen LogP contribution in [0.2, 0.25) is 0 Å². The van der Waals surface area contributed by atoms with Gasteiger partial charge in [-0.05, 0) is 74.9 Å². The van der Waals surface area contributed by atoms with E-state index in [-0.39, 0.29) is 23.6 Å². The van der Waals surface area contributed by atoms with E-state index in [4.69, 9.17) is 4.74 Å². The molecular weight excluding hydrogens is 288 g/mol. The predicted octanol–water partition coefficient (Wildman–Crippen LogP) is 3.98. The molecule has 2 bridgehead atoms. The van der Waals surface area contributed by atoms with Gasteiger partial charge in [0.1, 0.15) is 5.60 Å². The number of allylic oxidation sites excluding steroid dienone is 2. The van der Waals surface area contributed by atoms with Crippen molar-refractivity contribution >= 4 is 11.8 Å². The maximum Gasteiger partial charge on any atom is 0.313 e. The SMILES string of the molecule is C=CCC1=CC(C)(OC(=O)C23CCCC2C2CCC3C2)CC1=O. The lowest BCUT2D eigenvalue weighted by atomic mass is 9.68. The van der Waals surface area contributed by atoms with Crippen molar-refractivity contribution in [3.05, 3.63) is 24.3 Å². The standard InChI is InChI=1S/C20H26O3/c1-3-5-14-11-19(2,12-17(14)21)23-18(22)20-9-4-6-16(20)13-7-8-15(20)10-13/h3,11,13,15-16H,1,4-10,12H2,2H3. The minimum absolute atomic E-state index is 0.0152. The Morgan fingerprint density at radius 2 is 2.26 bits per heavy atom. The summed E-state index contributed by atoms with van der Waals surface area (Å²) in [5.74, 6) is 1.86. The third-order valence-electron chi connectivity index (χ3n) is 6.96. The molecule has 0 saturated heterocycles. The van der Waals surface area contributed by atoms with E-state index in [2.05, 4.69) is 6.58 Å². The number of fused-ring (bicyclic) bond motifs is 5. The van der Waals surface area contributed by atoms with Gasteiger partial charge in [-0.2, -0.15) is 0 Å². The number of carbonyl (C=O) groups excluding carboxylic acids is 2. The first-order valence-electron chi connectivity index (χ1n) is 9.08. The first kappa shape index (κ1) is 15.2. The van der Waals surface area contributed by atoms with Gasteiger partial charge in [-0.15, -0.1) is 6.58 Å². The van der Waals surface area contributed by atoms with E-state index in [0.717, 1.165) is 24.3 Å². The number of Topliss-reactive ketones (excluding diaryl/α,β-unsaturated/α-hetero) is 1. The molecule has 0 radical (unpaired) electrons. The molecule has 23 heavy (non-hydrogen) atoms. The van der Waals surface area contributed by atoms with Crippen LogP contribution in [0.4, 0.5) is 0 Å². The fourth-order valence-corrected chi connectivity index (χ4v) is 6.12. The molecule has 4 aliphatic carbocycles. The van der Waals surface area contributed by atoms with Crippen molar-refractivity contribution in [1.29, 1.82) is 0 Å². The van der Waals surface area contributed by atoms with Crippen LogP contribution in [0.15, 0.2) is 24.3 Å². The fraction of sp³-hybridized carbons (Fsp3) is 0.700. The number of esters is 1. The van der Waals surface area contributed by atoms with Gasteiger partial charge in [0.05, 0.1) is 11.8 Å². The largest absolute Gasteiger partial charge is 0.454 e. The van der Waals surface area contributed by atoms with Crippen LogP contribution in [0.25, 0.3) is 0 Å². The Labute approximate surface area is 138 Å². The lowest BCUT2D eigenvalue weighted by molar-refractivity contribution is -0.172. The monoisotopic (exact) mass is 314 g/mol. The van der Waals surface area contributed by atoms with Crippen LogP contribution in [-0.2, 0) is 14.3 Å². The number of rotatable bonds is 4. The zero-order valence-electron chi connectivity index (χ0n) is 14.0. The molecule has 0 aliphatic heterocycles. The van der Waals surface area contributed by atoms with Crippen LogP contribution in [0.3, 0.4) is 0 Å². The van der Waals surface area contributed by atoms with Crippen LogP contribution in [-0.4, -0.2) is 17.4 Å². The summed E-state index contributed by atoms with van der Waals surface area (Å²) in [5, 5.41) is 0. The summed E-state index contributed by atoms with van der Waals surface area (Å²) in [6, 6.07) is 0. The molecule has 0 N–H and O–H groups in total. The minimum Gasteiger partial charge on any atom is -0.454 e. The highest BCUT2D eigenvalue weighted by Crippen LogP contribution is 2.67. The molecule has 124 valence electrons. The van der Waals surface area contributed by atoms with E-state index < -0.39 is 5.60 Å². The Kier molecular flexibility index (Phi) is 3.33. The summed E-state index contributed by atoms with van der Waals surface area (Å²) >= 11 is 0. The van der Waals surface area contributed by atoms with E-state index >= 15 is 0 Å². The second-order valence-electron chi connectivity index (χ2n) is 8.27. The summed E-state index contributed by atoms with van der Waals surface area (Å²) in [6.45, 7) is 5.58. The van der Waals surface area contributed by atoms with E-state index in [9.17, 15) is 9.59 Å². The highest BCUT2D eigenvalue weighted by molar-refractivity contribution is 5.99. The van der Waals surface area contributed by atoms with Gasteiger partial charge >= 0.3 is 5.97 Å². The zero-order valence-corrected chi connectivity index (χ0v) is 14.0. The number of carbonyl (C=O) groups is 2. The Hall–Kier alpha value is -1.38. The molecule has 0 spiro atoms. The van der Waals surface area contributed by atoms with Gasteiger partial charge in [0.15, 0.2) is 5.78 Å². The molecule has 0 heterocycles. The van der Waals surface area contributed by atoms with Gasteiger partial charge in [0.25, 0.3) is 0 Å². The number of ketones is 1. The Morgan fingerprint density at radius 1 is 1.43 bits per heavy atom. The maximum absolute atomic E-state index is 13.2. The summed E-state index contributed by atoms with van der Waals surface area (Å²) < 4.78 is 6.02. The normalized spacial score (nSPS) is 44.3. The molecule has 0 aromatic heterocycles. The van der Waals surface area contributed by atoms with Gasteiger partial charge < -0.3 is 4.74 Å². The van der Waals surface area contributed by atoms with Gasteiger partial charge in [-0.25, -0.2) is 0 Å². The van der Waals surface area contributed by atoms with Crippen molar-refractivity contribution in [2.75, 3.05) is 0 Å². The van der Waals surface area contributed by atoms with Crippen LogP contribution in [0, 0.1) is 23.2 Å². The molecule has 3 fully saturated rings. The first-order chi connectivity index (χ1) is 11.0. The van der Waals surface area contributed by atoms with Gasteiger partial charge in [0.2, 0.25) is 0 Å².